The van der Waals surface area contributed by atoms with Gasteiger partial charge in [-0.3, -0.25) is 10.1 Å². The number of amides is 3. The molecule has 0 spiro atoms. The van der Waals surface area contributed by atoms with Gasteiger partial charge in [-0.05, 0) is 13.0 Å². The molecule has 2 aliphatic rings. The minimum atomic E-state index is -3.70. The summed E-state index contributed by atoms with van der Waals surface area (Å²) < 4.78 is 26.5. The Kier molecular flexibility index (Phi) is 4.13. The molecular weight excluding hydrogens is 336 g/mol. The average molecular weight is 354 g/mol. The number of urea groups is 1. The van der Waals surface area contributed by atoms with Crippen LogP contribution in [0.3, 0.4) is 0 Å². The molecule has 1 aromatic rings. The maximum atomic E-state index is 12.6. The number of hydrogen-bond donors (Lipinski definition) is 2. The molecule has 10 nitrogen and oxygen atoms in total. The molecule has 3 amide bonds. The summed E-state index contributed by atoms with van der Waals surface area (Å²) in [5, 5.41) is 4.44. The van der Waals surface area contributed by atoms with Crippen molar-refractivity contribution in [2.75, 3.05) is 36.8 Å². The van der Waals surface area contributed by atoms with Gasteiger partial charge in [0.2, 0.25) is 16.0 Å². The Bertz CT molecular complexity index is 747. The van der Waals surface area contributed by atoms with Crippen LogP contribution >= 0.6 is 0 Å². The molecule has 0 aliphatic carbocycles. The smallest absolute Gasteiger partial charge is 0.322 e. The van der Waals surface area contributed by atoms with E-state index in [-0.39, 0.29) is 13.1 Å². The highest BCUT2D eigenvalue weighted by Crippen LogP contribution is 2.18. The van der Waals surface area contributed by atoms with E-state index in [0.717, 1.165) is 0 Å². The van der Waals surface area contributed by atoms with Crippen molar-refractivity contribution in [2.45, 2.75) is 12.5 Å². The minimum absolute atomic E-state index is 0.270. The molecule has 11 heteroatoms. The number of aromatic nitrogens is 2. The molecule has 24 heavy (non-hydrogen) atoms. The van der Waals surface area contributed by atoms with Crippen LogP contribution in [-0.2, 0) is 14.8 Å². The SMILES string of the molecule is C[C@]1(CS(=O)(=O)N2CCN(c3ncccn3)CC2)NC(=O)NC1=O. The Hall–Kier alpha value is -2.27. The first kappa shape index (κ1) is 16.6. The van der Waals surface area contributed by atoms with Gasteiger partial charge in [0.15, 0.2) is 0 Å². The second kappa shape index (κ2) is 5.98. The van der Waals surface area contributed by atoms with Gasteiger partial charge in [0.05, 0.1) is 5.75 Å². The lowest BCUT2D eigenvalue weighted by molar-refractivity contribution is -0.122. The van der Waals surface area contributed by atoms with Gasteiger partial charge < -0.3 is 10.2 Å². The fourth-order valence-corrected chi connectivity index (χ4v) is 4.59. The van der Waals surface area contributed by atoms with Gasteiger partial charge in [0, 0.05) is 38.6 Å². The zero-order valence-corrected chi connectivity index (χ0v) is 13.9. The molecule has 2 fully saturated rings. The maximum Gasteiger partial charge on any atom is 0.322 e. The molecule has 1 atom stereocenters. The zero-order valence-electron chi connectivity index (χ0n) is 13.1. The fourth-order valence-electron chi connectivity index (χ4n) is 2.76. The van der Waals surface area contributed by atoms with Crippen molar-refractivity contribution in [3.05, 3.63) is 18.5 Å². The van der Waals surface area contributed by atoms with Crippen LogP contribution < -0.4 is 15.5 Å². The van der Waals surface area contributed by atoms with E-state index in [4.69, 9.17) is 0 Å². The number of imide groups is 1. The van der Waals surface area contributed by atoms with Crippen molar-refractivity contribution in [1.29, 1.82) is 0 Å². The fraction of sp³-hybridized carbons (Fsp3) is 0.538. The molecule has 0 radical (unpaired) electrons. The molecule has 0 aromatic carbocycles. The number of hydrogen-bond acceptors (Lipinski definition) is 7. The van der Waals surface area contributed by atoms with Crippen LogP contribution in [0.25, 0.3) is 0 Å². The molecule has 0 saturated carbocycles. The van der Waals surface area contributed by atoms with Crippen LogP contribution in [0, 0.1) is 0 Å². The lowest BCUT2D eigenvalue weighted by Crippen LogP contribution is -2.56. The topological polar surface area (TPSA) is 125 Å². The zero-order chi connectivity index (χ0) is 17.4. The normalized spacial score (nSPS) is 25.5. The highest BCUT2D eigenvalue weighted by atomic mass is 32.2. The van der Waals surface area contributed by atoms with Crippen molar-refractivity contribution >= 4 is 27.9 Å². The van der Waals surface area contributed by atoms with Crippen LogP contribution in [0.15, 0.2) is 18.5 Å². The van der Waals surface area contributed by atoms with E-state index in [9.17, 15) is 18.0 Å². The highest BCUT2D eigenvalue weighted by Gasteiger charge is 2.46. The number of anilines is 1. The van der Waals surface area contributed by atoms with Crippen LogP contribution in [0.2, 0.25) is 0 Å². The second-order valence-electron chi connectivity index (χ2n) is 5.93. The predicted molar refractivity (Wildman–Crippen MR) is 84.7 cm³/mol. The van der Waals surface area contributed by atoms with E-state index >= 15 is 0 Å². The molecule has 2 saturated heterocycles. The van der Waals surface area contributed by atoms with Crippen molar-refractivity contribution < 1.29 is 18.0 Å². The third-order valence-corrected chi connectivity index (χ3v) is 6.15. The number of carbonyl (C=O) groups excluding carboxylic acids is 2. The van der Waals surface area contributed by atoms with E-state index in [1.165, 1.54) is 11.2 Å². The number of nitrogens with zero attached hydrogens (tertiary/aromatic N) is 4. The van der Waals surface area contributed by atoms with Crippen LogP contribution in [0.4, 0.5) is 10.7 Å². The van der Waals surface area contributed by atoms with E-state index in [1.807, 2.05) is 4.90 Å². The Morgan fingerprint density at radius 1 is 1.17 bits per heavy atom. The van der Waals surface area contributed by atoms with Gasteiger partial charge in [0.25, 0.3) is 5.91 Å². The van der Waals surface area contributed by atoms with Gasteiger partial charge in [-0.25, -0.2) is 23.2 Å². The number of nitrogens with one attached hydrogen (secondary N) is 2. The van der Waals surface area contributed by atoms with Crippen molar-refractivity contribution in [3.8, 4) is 0 Å². The number of sulfonamides is 1. The van der Waals surface area contributed by atoms with E-state index in [0.29, 0.717) is 19.0 Å². The predicted octanol–water partition coefficient (Wildman–Crippen LogP) is -1.47. The minimum Gasteiger partial charge on any atom is -0.338 e. The lowest BCUT2D eigenvalue weighted by Gasteiger charge is -2.35. The Labute approximate surface area is 139 Å². The standard InChI is InChI=1S/C13H18N6O4S/c1-13(10(20)16-12(21)17-13)9-24(22,23)19-7-5-18(6-8-19)11-14-3-2-4-15-11/h2-4H,5-9H2,1H3,(H2,16,17,20,21)/t13-/m1/s1. The second-order valence-corrected chi connectivity index (χ2v) is 7.90. The molecular formula is C13H18N6O4S. The van der Waals surface area contributed by atoms with Crippen molar-refractivity contribution in [2.24, 2.45) is 0 Å². The van der Waals surface area contributed by atoms with Gasteiger partial charge in [-0.2, -0.15) is 4.31 Å². The number of piperazine rings is 1. The van der Waals surface area contributed by atoms with Gasteiger partial charge in [-0.1, -0.05) is 0 Å². The number of rotatable bonds is 4. The molecule has 1 aromatic heterocycles. The van der Waals surface area contributed by atoms with Crippen molar-refractivity contribution in [3.63, 3.8) is 0 Å². The Morgan fingerprint density at radius 2 is 1.79 bits per heavy atom. The first-order valence-electron chi connectivity index (χ1n) is 7.44. The van der Waals surface area contributed by atoms with Crippen molar-refractivity contribution in [1.82, 2.24) is 24.9 Å². The average Bonchev–Trinajstić information content (AvgIpc) is 2.79. The third-order valence-electron chi connectivity index (χ3n) is 4.06. The lowest BCUT2D eigenvalue weighted by atomic mass is 10.1. The van der Waals surface area contributed by atoms with E-state index in [1.54, 1.807) is 18.5 Å². The van der Waals surface area contributed by atoms with E-state index < -0.39 is 33.3 Å². The molecule has 2 N–H and O–H groups in total. The number of carbonyl (C=O) groups is 2. The first-order chi connectivity index (χ1) is 11.3. The Morgan fingerprint density at radius 3 is 2.33 bits per heavy atom. The summed E-state index contributed by atoms with van der Waals surface area (Å²) in [5.74, 6) is -0.546. The first-order valence-corrected chi connectivity index (χ1v) is 9.04. The molecule has 130 valence electrons. The van der Waals surface area contributed by atoms with Crippen LogP contribution in [0.1, 0.15) is 6.92 Å². The summed E-state index contributed by atoms with van der Waals surface area (Å²) in [6, 6.07) is 1.04. The van der Waals surface area contributed by atoms with Crippen LogP contribution in [0.5, 0.6) is 0 Å². The maximum absolute atomic E-state index is 12.6. The summed E-state index contributed by atoms with van der Waals surface area (Å²) in [6.45, 7) is 2.86. The van der Waals surface area contributed by atoms with Crippen LogP contribution in [-0.4, -0.2) is 72.1 Å². The summed E-state index contributed by atoms with van der Waals surface area (Å²) >= 11 is 0. The quantitative estimate of drug-likeness (QED) is 0.632. The summed E-state index contributed by atoms with van der Waals surface area (Å²) in [7, 11) is -3.70. The van der Waals surface area contributed by atoms with E-state index in [2.05, 4.69) is 20.6 Å². The van der Waals surface area contributed by atoms with Gasteiger partial charge in [-0.15, -0.1) is 0 Å². The summed E-state index contributed by atoms with van der Waals surface area (Å²) in [4.78, 5) is 33.3. The van der Waals surface area contributed by atoms with Gasteiger partial charge in [0.1, 0.15) is 5.54 Å². The summed E-state index contributed by atoms with van der Waals surface area (Å²) in [5.41, 5.74) is -1.45. The monoisotopic (exact) mass is 354 g/mol. The molecule has 3 rings (SSSR count). The molecule has 0 unspecified atom stereocenters. The largest absolute Gasteiger partial charge is 0.338 e. The highest BCUT2D eigenvalue weighted by molar-refractivity contribution is 7.89. The van der Waals surface area contributed by atoms with Gasteiger partial charge >= 0.3 is 6.03 Å². The molecule has 3 heterocycles. The molecule has 2 aliphatic heterocycles. The molecule has 0 bridgehead atoms. The summed E-state index contributed by atoms with van der Waals surface area (Å²) in [6.07, 6.45) is 3.27. The third kappa shape index (κ3) is 3.17. The Balaban J connectivity index is 1.65.